The molecule has 31 heavy (non-hydrogen) atoms. The SMILES string of the molecule is CCOc1cc(-c2cccc(OC)c2)nc2ccc(C(=O)Nc3ccccc3O)cc12. The van der Waals surface area contributed by atoms with Crippen LogP contribution in [0.15, 0.2) is 72.8 Å². The van der Waals surface area contributed by atoms with E-state index in [-0.39, 0.29) is 11.7 Å². The van der Waals surface area contributed by atoms with Crippen molar-refractivity contribution in [1.29, 1.82) is 0 Å². The average molecular weight is 414 g/mol. The zero-order valence-corrected chi connectivity index (χ0v) is 17.3. The molecule has 0 bridgehead atoms. The number of rotatable bonds is 6. The molecule has 0 aliphatic carbocycles. The number of phenolic OH excluding ortho intramolecular Hbond substituents is 1. The highest BCUT2D eigenvalue weighted by Gasteiger charge is 2.14. The van der Waals surface area contributed by atoms with Crippen LogP contribution in [0.5, 0.6) is 17.2 Å². The van der Waals surface area contributed by atoms with Crippen LogP contribution in [0.25, 0.3) is 22.2 Å². The first-order chi connectivity index (χ1) is 15.1. The third kappa shape index (κ3) is 4.28. The van der Waals surface area contributed by atoms with E-state index in [0.29, 0.717) is 29.1 Å². The largest absolute Gasteiger partial charge is 0.506 e. The predicted octanol–water partition coefficient (Wildman–Crippen LogP) is 5.27. The van der Waals surface area contributed by atoms with E-state index in [2.05, 4.69) is 5.32 Å². The Labute approximate surface area is 180 Å². The van der Waals surface area contributed by atoms with Crippen LogP contribution in [0.3, 0.4) is 0 Å². The molecule has 0 atom stereocenters. The lowest BCUT2D eigenvalue weighted by Crippen LogP contribution is -2.12. The van der Waals surface area contributed by atoms with Crippen molar-refractivity contribution in [2.45, 2.75) is 6.92 Å². The van der Waals surface area contributed by atoms with Gasteiger partial charge in [0, 0.05) is 22.6 Å². The van der Waals surface area contributed by atoms with Crippen molar-refractivity contribution in [2.75, 3.05) is 19.0 Å². The summed E-state index contributed by atoms with van der Waals surface area (Å²) >= 11 is 0. The molecule has 0 radical (unpaired) electrons. The molecule has 0 fully saturated rings. The summed E-state index contributed by atoms with van der Waals surface area (Å²) in [5, 5.41) is 13.4. The number of fused-ring (bicyclic) bond motifs is 1. The fourth-order valence-electron chi connectivity index (χ4n) is 3.32. The smallest absolute Gasteiger partial charge is 0.255 e. The Balaban J connectivity index is 1.74. The summed E-state index contributed by atoms with van der Waals surface area (Å²) in [5.41, 5.74) is 3.16. The second kappa shape index (κ2) is 8.75. The van der Waals surface area contributed by atoms with Crippen molar-refractivity contribution < 1.29 is 19.4 Å². The summed E-state index contributed by atoms with van der Waals surface area (Å²) in [6.45, 7) is 2.39. The summed E-state index contributed by atoms with van der Waals surface area (Å²) in [5.74, 6) is 1.06. The number of phenols is 1. The van der Waals surface area contributed by atoms with Crippen LogP contribution in [-0.2, 0) is 0 Å². The summed E-state index contributed by atoms with van der Waals surface area (Å²) in [4.78, 5) is 17.5. The van der Waals surface area contributed by atoms with Gasteiger partial charge in [-0.1, -0.05) is 24.3 Å². The van der Waals surface area contributed by atoms with Crippen LogP contribution < -0.4 is 14.8 Å². The maximum absolute atomic E-state index is 12.7. The van der Waals surface area contributed by atoms with Crippen LogP contribution in [0.4, 0.5) is 5.69 Å². The minimum absolute atomic E-state index is 0.0104. The Kier molecular flexibility index (Phi) is 5.71. The van der Waals surface area contributed by atoms with E-state index in [9.17, 15) is 9.90 Å². The molecule has 4 aromatic rings. The lowest BCUT2D eigenvalue weighted by Gasteiger charge is -2.13. The third-order valence-corrected chi connectivity index (χ3v) is 4.85. The monoisotopic (exact) mass is 414 g/mol. The molecule has 1 heterocycles. The zero-order chi connectivity index (χ0) is 21.8. The van der Waals surface area contributed by atoms with E-state index in [1.807, 2.05) is 37.3 Å². The number of para-hydroxylation sites is 2. The van der Waals surface area contributed by atoms with Gasteiger partial charge < -0.3 is 19.9 Å². The number of pyridine rings is 1. The van der Waals surface area contributed by atoms with E-state index < -0.39 is 0 Å². The molecule has 1 aromatic heterocycles. The first-order valence-corrected chi connectivity index (χ1v) is 9.90. The van der Waals surface area contributed by atoms with Crippen LogP contribution >= 0.6 is 0 Å². The van der Waals surface area contributed by atoms with Gasteiger partial charge in [-0.3, -0.25) is 4.79 Å². The summed E-state index contributed by atoms with van der Waals surface area (Å²) in [7, 11) is 1.63. The number of aromatic nitrogens is 1. The topological polar surface area (TPSA) is 80.7 Å². The second-order valence-corrected chi connectivity index (χ2v) is 6.87. The van der Waals surface area contributed by atoms with Crippen molar-refractivity contribution >= 4 is 22.5 Å². The van der Waals surface area contributed by atoms with Gasteiger partial charge in [0.25, 0.3) is 5.91 Å². The van der Waals surface area contributed by atoms with Crippen molar-refractivity contribution in [3.05, 3.63) is 78.4 Å². The number of amides is 1. The summed E-state index contributed by atoms with van der Waals surface area (Å²) in [6, 6.07) is 21.4. The molecular formula is C25H22N2O4. The van der Waals surface area contributed by atoms with Gasteiger partial charge in [-0.25, -0.2) is 4.98 Å². The maximum atomic E-state index is 12.7. The van der Waals surface area contributed by atoms with Gasteiger partial charge in [0.1, 0.15) is 17.2 Å². The predicted molar refractivity (Wildman–Crippen MR) is 121 cm³/mol. The maximum Gasteiger partial charge on any atom is 0.255 e. The highest BCUT2D eigenvalue weighted by atomic mass is 16.5. The number of carbonyl (C=O) groups excluding carboxylic acids is 1. The fraction of sp³-hybridized carbons (Fsp3) is 0.120. The molecule has 0 unspecified atom stereocenters. The van der Waals surface area contributed by atoms with E-state index in [1.54, 1.807) is 43.5 Å². The van der Waals surface area contributed by atoms with Gasteiger partial charge in [-0.05, 0) is 49.4 Å². The molecule has 1 amide bonds. The molecule has 156 valence electrons. The number of aromatic hydroxyl groups is 1. The standard InChI is InChI=1S/C25H22N2O4/c1-3-31-24-15-22(16-7-6-8-18(13-16)30-2)26-20-12-11-17(14-19(20)24)25(29)27-21-9-4-5-10-23(21)28/h4-15,28H,3H2,1-2H3,(H,27,29). The van der Waals surface area contributed by atoms with Gasteiger partial charge >= 0.3 is 0 Å². The van der Waals surface area contributed by atoms with Crippen molar-refractivity contribution in [1.82, 2.24) is 4.98 Å². The summed E-state index contributed by atoms with van der Waals surface area (Å²) in [6.07, 6.45) is 0. The zero-order valence-electron chi connectivity index (χ0n) is 17.3. The number of benzene rings is 3. The van der Waals surface area contributed by atoms with Gasteiger partial charge in [0.2, 0.25) is 0 Å². The quantitative estimate of drug-likeness (QED) is 0.420. The van der Waals surface area contributed by atoms with E-state index in [0.717, 1.165) is 22.4 Å². The normalized spacial score (nSPS) is 10.6. The fourth-order valence-corrected chi connectivity index (χ4v) is 3.32. The Morgan fingerprint density at radius 2 is 1.87 bits per heavy atom. The number of nitrogens with one attached hydrogen (secondary N) is 1. The van der Waals surface area contributed by atoms with Crippen molar-refractivity contribution in [3.8, 4) is 28.5 Å². The van der Waals surface area contributed by atoms with Gasteiger partial charge in [0.15, 0.2) is 0 Å². The molecule has 0 saturated carbocycles. The van der Waals surface area contributed by atoms with E-state index in [1.165, 1.54) is 6.07 Å². The molecule has 0 saturated heterocycles. The van der Waals surface area contributed by atoms with Crippen LogP contribution in [0, 0.1) is 0 Å². The van der Waals surface area contributed by atoms with E-state index in [4.69, 9.17) is 14.5 Å². The molecule has 6 nitrogen and oxygen atoms in total. The Morgan fingerprint density at radius 3 is 2.65 bits per heavy atom. The molecule has 0 spiro atoms. The third-order valence-electron chi connectivity index (χ3n) is 4.85. The number of anilines is 1. The molecule has 0 aliphatic rings. The number of nitrogens with zero attached hydrogens (tertiary/aromatic N) is 1. The minimum atomic E-state index is -0.331. The lowest BCUT2D eigenvalue weighted by molar-refractivity contribution is 0.102. The lowest BCUT2D eigenvalue weighted by atomic mass is 10.1. The number of ether oxygens (including phenoxy) is 2. The van der Waals surface area contributed by atoms with Crippen molar-refractivity contribution in [3.63, 3.8) is 0 Å². The molecule has 6 heteroatoms. The summed E-state index contributed by atoms with van der Waals surface area (Å²) < 4.78 is 11.2. The van der Waals surface area contributed by atoms with Gasteiger partial charge in [0.05, 0.1) is 30.6 Å². The highest BCUT2D eigenvalue weighted by molar-refractivity contribution is 6.07. The number of hydrogen-bond acceptors (Lipinski definition) is 5. The highest BCUT2D eigenvalue weighted by Crippen LogP contribution is 2.32. The Hall–Kier alpha value is -4.06. The Morgan fingerprint density at radius 1 is 1.03 bits per heavy atom. The molecule has 0 aliphatic heterocycles. The van der Waals surface area contributed by atoms with Crippen molar-refractivity contribution in [2.24, 2.45) is 0 Å². The second-order valence-electron chi connectivity index (χ2n) is 6.87. The minimum Gasteiger partial charge on any atom is -0.506 e. The molecular weight excluding hydrogens is 392 g/mol. The Bertz CT molecular complexity index is 1250. The van der Waals surface area contributed by atoms with Crippen LogP contribution in [0.1, 0.15) is 17.3 Å². The molecule has 4 rings (SSSR count). The first-order valence-electron chi connectivity index (χ1n) is 9.90. The van der Waals surface area contributed by atoms with Gasteiger partial charge in [-0.15, -0.1) is 0 Å². The number of methoxy groups -OCH3 is 1. The van der Waals surface area contributed by atoms with Gasteiger partial charge in [-0.2, -0.15) is 0 Å². The number of hydrogen-bond donors (Lipinski definition) is 2. The van der Waals surface area contributed by atoms with E-state index >= 15 is 0 Å². The molecule has 3 aromatic carbocycles. The average Bonchev–Trinajstić information content (AvgIpc) is 2.80. The molecule has 2 N–H and O–H groups in total. The van der Waals surface area contributed by atoms with Crippen LogP contribution in [0.2, 0.25) is 0 Å². The first kappa shape index (κ1) is 20.2. The number of carbonyl (C=O) groups is 1. The van der Waals surface area contributed by atoms with Crippen LogP contribution in [-0.4, -0.2) is 29.7 Å².